The molecule has 1 saturated heterocycles. The van der Waals surface area contributed by atoms with E-state index in [1.165, 1.54) is 31.0 Å². The molecule has 0 spiro atoms. The molecule has 0 aliphatic carbocycles. The van der Waals surface area contributed by atoms with Crippen LogP contribution in [0.1, 0.15) is 37.7 Å². The van der Waals surface area contributed by atoms with Crippen LogP contribution in [0.2, 0.25) is 0 Å². The van der Waals surface area contributed by atoms with Gasteiger partial charge in [-0.1, -0.05) is 12.5 Å². The van der Waals surface area contributed by atoms with E-state index in [1.54, 1.807) is 0 Å². The maximum atomic E-state index is 13.4. The zero-order chi connectivity index (χ0) is 13.7. The second-order valence-electron chi connectivity index (χ2n) is 5.10. The molecule has 2 rings (SSSR count). The van der Waals surface area contributed by atoms with Gasteiger partial charge in [-0.25, -0.2) is 8.78 Å². The van der Waals surface area contributed by atoms with E-state index in [2.05, 4.69) is 5.32 Å². The summed E-state index contributed by atoms with van der Waals surface area (Å²) in [5.74, 6) is -1.37. The fourth-order valence-corrected chi connectivity index (χ4v) is 2.49. The summed E-state index contributed by atoms with van der Waals surface area (Å²) in [5, 5.41) is 3.36. The minimum atomic E-state index is -0.635. The second-order valence-corrected chi connectivity index (χ2v) is 5.10. The lowest BCUT2D eigenvalue weighted by Crippen LogP contribution is -2.34. The normalized spacial score (nSPS) is 19.4. The highest BCUT2D eigenvalue weighted by atomic mass is 19.1. The number of ketones is 1. The lowest BCUT2D eigenvalue weighted by molar-refractivity contribution is -0.118. The standard InChI is InChI=1S/C15H19F2NO/c16-14-5-3-6-15(17)13(14)10-12(19)8-7-11-4-1-2-9-18-11/h3,5-6,11,18H,1-2,4,7-10H2. The van der Waals surface area contributed by atoms with Crippen LogP contribution < -0.4 is 5.32 Å². The molecule has 0 bridgehead atoms. The molecular formula is C15H19F2NO. The SMILES string of the molecule is O=C(CCC1CCCCN1)Cc1c(F)cccc1F. The smallest absolute Gasteiger partial charge is 0.137 e. The Morgan fingerprint density at radius 1 is 1.26 bits per heavy atom. The summed E-state index contributed by atoms with van der Waals surface area (Å²) in [6.07, 6.45) is 4.45. The number of carbonyl (C=O) groups is 1. The number of benzene rings is 1. The first-order valence-corrected chi connectivity index (χ1v) is 6.85. The zero-order valence-corrected chi connectivity index (χ0v) is 10.9. The second kappa shape index (κ2) is 6.75. The van der Waals surface area contributed by atoms with Crippen LogP contribution in [0.5, 0.6) is 0 Å². The lowest BCUT2D eigenvalue weighted by atomic mass is 9.97. The van der Waals surface area contributed by atoms with E-state index in [0.717, 1.165) is 19.4 Å². The Bertz CT molecular complexity index is 422. The van der Waals surface area contributed by atoms with Crippen LogP contribution >= 0.6 is 0 Å². The first-order chi connectivity index (χ1) is 9.16. The number of halogens is 2. The van der Waals surface area contributed by atoms with Crippen LogP contribution in [0, 0.1) is 11.6 Å². The first-order valence-electron chi connectivity index (χ1n) is 6.85. The van der Waals surface area contributed by atoms with Crippen molar-refractivity contribution >= 4 is 5.78 Å². The molecule has 1 aliphatic heterocycles. The number of Topliss-reactive ketones (excluding diaryl/α,β-unsaturated/α-hetero) is 1. The number of hydrogen-bond acceptors (Lipinski definition) is 2. The average Bonchev–Trinajstić information content (AvgIpc) is 2.42. The van der Waals surface area contributed by atoms with Gasteiger partial charge in [0.05, 0.1) is 0 Å². The fraction of sp³-hybridized carbons (Fsp3) is 0.533. The molecule has 0 amide bonds. The van der Waals surface area contributed by atoms with Gasteiger partial charge in [0.1, 0.15) is 17.4 Å². The molecule has 1 N–H and O–H groups in total. The fourth-order valence-electron chi connectivity index (χ4n) is 2.49. The quantitative estimate of drug-likeness (QED) is 0.888. The van der Waals surface area contributed by atoms with Gasteiger partial charge < -0.3 is 5.32 Å². The van der Waals surface area contributed by atoms with Crippen LogP contribution in [-0.2, 0) is 11.2 Å². The largest absolute Gasteiger partial charge is 0.314 e. The molecule has 1 atom stereocenters. The Morgan fingerprint density at radius 3 is 2.63 bits per heavy atom. The van der Waals surface area contributed by atoms with Crippen molar-refractivity contribution < 1.29 is 13.6 Å². The molecule has 1 heterocycles. The van der Waals surface area contributed by atoms with E-state index in [0.29, 0.717) is 12.5 Å². The Kier molecular flexibility index (Phi) is 5.02. The Morgan fingerprint density at radius 2 is 2.00 bits per heavy atom. The summed E-state index contributed by atoms with van der Waals surface area (Å²) in [4.78, 5) is 11.8. The predicted molar refractivity (Wildman–Crippen MR) is 69.9 cm³/mol. The number of piperidine rings is 1. The number of carbonyl (C=O) groups excluding carboxylic acids is 1. The number of rotatable bonds is 5. The van der Waals surface area contributed by atoms with Crippen molar-refractivity contribution in [3.05, 3.63) is 35.4 Å². The van der Waals surface area contributed by atoms with E-state index >= 15 is 0 Å². The predicted octanol–water partition coefficient (Wildman–Crippen LogP) is 3.00. The molecule has 2 nitrogen and oxygen atoms in total. The molecule has 1 aromatic carbocycles. The molecule has 0 aromatic heterocycles. The summed E-state index contributed by atoms with van der Waals surface area (Å²) < 4.78 is 26.8. The minimum absolute atomic E-state index is 0.101. The van der Waals surface area contributed by atoms with Gasteiger partial charge in [0.15, 0.2) is 0 Å². The van der Waals surface area contributed by atoms with Gasteiger partial charge >= 0.3 is 0 Å². The molecule has 1 fully saturated rings. The van der Waals surface area contributed by atoms with Crippen molar-refractivity contribution in [3.8, 4) is 0 Å². The number of hydrogen-bond donors (Lipinski definition) is 1. The highest BCUT2D eigenvalue weighted by molar-refractivity contribution is 5.81. The molecule has 104 valence electrons. The highest BCUT2D eigenvalue weighted by Gasteiger charge is 2.16. The summed E-state index contributed by atoms with van der Waals surface area (Å²) in [5.41, 5.74) is -0.107. The zero-order valence-electron chi connectivity index (χ0n) is 10.9. The van der Waals surface area contributed by atoms with Crippen LogP contribution in [0.15, 0.2) is 18.2 Å². The summed E-state index contributed by atoms with van der Waals surface area (Å²) >= 11 is 0. The van der Waals surface area contributed by atoms with Crippen molar-refractivity contribution in [3.63, 3.8) is 0 Å². The summed E-state index contributed by atoms with van der Waals surface area (Å²) in [7, 11) is 0. The molecule has 1 unspecified atom stereocenters. The monoisotopic (exact) mass is 267 g/mol. The third kappa shape index (κ3) is 4.10. The van der Waals surface area contributed by atoms with Crippen molar-refractivity contribution in [2.24, 2.45) is 0 Å². The van der Waals surface area contributed by atoms with E-state index in [1.807, 2.05) is 0 Å². The molecule has 1 aromatic rings. The van der Waals surface area contributed by atoms with Gasteiger partial charge in [-0.2, -0.15) is 0 Å². The third-order valence-corrected chi connectivity index (χ3v) is 3.62. The highest BCUT2D eigenvalue weighted by Crippen LogP contribution is 2.16. The van der Waals surface area contributed by atoms with E-state index in [4.69, 9.17) is 0 Å². The van der Waals surface area contributed by atoms with Crippen LogP contribution in [0.25, 0.3) is 0 Å². The van der Waals surface area contributed by atoms with Gasteiger partial charge in [-0.3, -0.25) is 4.79 Å². The molecule has 0 radical (unpaired) electrons. The third-order valence-electron chi connectivity index (χ3n) is 3.62. The van der Waals surface area contributed by atoms with Crippen LogP contribution in [0.4, 0.5) is 8.78 Å². The van der Waals surface area contributed by atoms with Gasteiger partial charge in [0, 0.05) is 24.4 Å². The lowest BCUT2D eigenvalue weighted by Gasteiger charge is -2.23. The van der Waals surface area contributed by atoms with E-state index < -0.39 is 11.6 Å². The average molecular weight is 267 g/mol. The van der Waals surface area contributed by atoms with Crippen LogP contribution in [0.3, 0.4) is 0 Å². The van der Waals surface area contributed by atoms with Crippen molar-refractivity contribution in [1.82, 2.24) is 5.32 Å². The van der Waals surface area contributed by atoms with Gasteiger partial charge in [-0.05, 0) is 37.9 Å². The van der Waals surface area contributed by atoms with E-state index in [-0.39, 0.29) is 17.8 Å². The van der Waals surface area contributed by atoms with Crippen LogP contribution in [-0.4, -0.2) is 18.4 Å². The molecule has 1 aliphatic rings. The van der Waals surface area contributed by atoms with Crippen molar-refractivity contribution in [1.29, 1.82) is 0 Å². The molecule has 19 heavy (non-hydrogen) atoms. The van der Waals surface area contributed by atoms with Gasteiger partial charge in [0.2, 0.25) is 0 Å². The molecule has 4 heteroatoms. The van der Waals surface area contributed by atoms with E-state index in [9.17, 15) is 13.6 Å². The minimum Gasteiger partial charge on any atom is -0.314 e. The Hall–Kier alpha value is -1.29. The maximum absolute atomic E-state index is 13.4. The van der Waals surface area contributed by atoms with Crippen molar-refractivity contribution in [2.45, 2.75) is 44.6 Å². The van der Waals surface area contributed by atoms with Gasteiger partial charge in [0.25, 0.3) is 0 Å². The first kappa shape index (κ1) is 14.1. The Balaban J connectivity index is 1.83. The van der Waals surface area contributed by atoms with Gasteiger partial charge in [-0.15, -0.1) is 0 Å². The summed E-state index contributed by atoms with van der Waals surface area (Å²) in [6, 6.07) is 4.07. The topological polar surface area (TPSA) is 29.1 Å². The van der Waals surface area contributed by atoms with Crippen molar-refractivity contribution in [2.75, 3.05) is 6.54 Å². The molecular weight excluding hydrogens is 248 g/mol. The number of nitrogens with one attached hydrogen (secondary N) is 1. The summed E-state index contributed by atoms with van der Waals surface area (Å²) in [6.45, 7) is 1.00. The maximum Gasteiger partial charge on any atom is 0.137 e. The Labute approximate surface area is 112 Å². The molecule has 0 saturated carbocycles.